The average molecular weight is 392 g/mol. The van der Waals surface area contributed by atoms with Crippen LogP contribution in [0.15, 0.2) is 42.6 Å². The first-order valence-electron chi connectivity index (χ1n) is 9.97. The SMILES string of the molecule is N#Cc1ccnc(N2CCC3(CC2)OC2CCC(c4cccc(F)c4)N2C3=O)c1. The molecule has 0 N–H and O–H groups in total. The number of carbonyl (C=O) groups is 1. The normalized spacial score (nSPS) is 25.3. The van der Waals surface area contributed by atoms with Crippen molar-refractivity contribution in [3.63, 3.8) is 0 Å². The molecule has 3 fully saturated rings. The molecule has 1 amide bonds. The number of amides is 1. The van der Waals surface area contributed by atoms with Crippen LogP contribution in [0.25, 0.3) is 0 Å². The van der Waals surface area contributed by atoms with Crippen LogP contribution >= 0.6 is 0 Å². The van der Waals surface area contributed by atoms with Crippen molar-refractivity contribution < 1.29 is 13.9 Å². The van der Waals surface area contributed by atoms with E-state index in [9.17, 15) is 9.18 Å². The molecule has 2 unspecified atom stereocenters. The summed E-state index contributed by atoms with van der Waals surface area (Å²) in [5.74, 6) is 0.490. The van der Waals surface area contributed by atoms with Crippen LogP contribution in [0.5, 0.6) is 0 Å². The van der Waals surface area contributed by atoms with E-state index in [1.54, 1.807) is 24.4 Å². The topological polar surface area (TPSA) is 69.5 Å². The summed E-state index contributed by atoms with van der Waals surface area (Å²) in [5.41, 5.74) is 0.596. The Balaban J connectivity index is 1.33. The third-order valence-corrected chi connectivity index (χ3v) is 6.32. The highest BCUT2D eigenvalue weighted by molar-refractivity contribution is 5.88. The lowest BCUT2D eigenvalue weighted by molar-refractivity contribution is -0.140. The van der Waals surface area contributed by atoms with Gasteiger partial charge in [-0.25, -0.2) is 9.37 Å². The average Bonchev–Trinajstić information content (AvgIpc) is 3.27. The predicted molar refractivity (Wildman–Crippen MR) is 103 cm³/mol. The van der Waals surface area contributed by atoms with Crippen LogP contribution in [-0.2, 0) is 9.53 Å². The van der Waals surface area contributed by atoms with Crippen molar-refractivity contribution in [3.8, 4) is 6.07 Å². The van der Waals surface area contributed by atoms with Gasteiger partial charge in [0.05, 0.1) is 17.7 Å². The van der Waals surface area contributed by atoms with Crippen molar-refractivity contribution in [1.82, 2.24) is 9.88 Å². The van der Waals surface area contributed by atoms with E-state index >= 15 is 0 Å². The van der Waals surface area contributed by atoms with Gasteiger partial charge in [-0.3, -0.25) is 4.79 Å². The standard InChI is InChI=1S/C22H21FN4O2/c23-17-3-1-2-16(13-17)18-4-5-20-27(18)21(28)22(29-20)7-10-26(11-8-22)19-12-15(14-24)6-9-25-19/h1-3,6,9,12-13,18,20H,4-5,7-8,10-11H2. The summed E-state index contributed by atoms with van der Waals surface area (Å²) >= 11 is 0. The molecule has 0 saturated carbocycles. The first kappa shape index (κ1) is 18.1. The van der Waals surface area contributed by atoms with Crippen LogP contribution in [0.4, 0.5) is 10.2 Å². The second kappa shape index (κ2) is 6.82. The molecule has 1 aromatic carbocycles. The molecule has 29 heavy (non-hydrogen) atoms. The van der Waals surface area contributed by atoms with E-state index in [2.05, 4.69) is 16.0 Å². The Bertz CT molecular complexity index is 996. The van der Waals surface area contributed by atoms with Gasteiger partial charge in [-0.2, -0.15) is 5.26 Å². The number of hydrogen-bond donors (Lipinski definition) is 0. The maximum atomic E-state index is 13.7. The minimum atomic E-state index is -0.806. The summed E-state index contributed by atoms with van der Waals surface area (Å²) in [7, 11) is 0. The smallest absolute Gasteiger partial charge is 0.257 e. The van der Waals surface area contributed by atoms with Crippen molar-refractivity contribution in [3.05, 3.63) is 59.5 Å². The number of hydrogen-bond acceptors (Lipinski definition) is 5. The molecule has 0 radical (unpaired) electrons. The van der Waals surface area contributed by atoms with Crippen molar-refractivity contribution in [2.24, 2.45) is 0 Å². The second-order valence-corrected chi connectivity index (χ2v) is 7.93. The Hall–Kier alpha value is -2.98. The van der Waals surface area contributed by atoms with Crippen LogP contribution in [0.2, 0.25) is 0 Å². The summed E-state index contributed by atoms with van der Waals surface area (Å²) in [6, 6.07) is 12.0. The minimum absolute atomic E-state index is 0.0210. The van der Waals surface area contributed by atoms with E-state index in [0.717, 1.165) is 24.2 Å². The molecule has 0 aliphatic carbocycles. The molecule has 2 atom stereocenters. The van der Waals surface area contributed by atoms with Crippen LogP contribution in [0.1, 0.15) is 42.9 Å². The summed E-state index contributed by atoms with van der Waals surface area (Å²) in [5, 5.41) is 9.10. The summed E-state index contributed by atoms with van der Waals surface area (Å²) in [6.07, 6.45) is 4.11. The van der Waals surface area contributed by atoms with E-state index in [4.69, 9.17) is 10.00 Å². The quantitative estimate of drug-likeness (QED) is 0.785. The summed E-state index contributed by atoms with van der Waals surface area (Å²) in [4.78, 5) is 21.7. The number of piperidine rings is 1. The maximum Gasteiger partial charge on any atom is 0.257 e. The van der Waals surface area contributed by atoms with Gasteiger partial charge in [0, 0.05) is 32.1 Å². The third-order valence-electron chi connectivity index (χ3n) is 6.32. The van der Waals surface area contributed by atoms with Crippen LogP contribution in [-0.4, -0.2) is 40.7 Å². The zero-order chi connectivity index (χ0) is 20.0. The van der Waals surface area contributed by atoms with E-state index < -0.39 is 5.60 Å². The van der Waals surface area contributed by atoms with Crippen LogP contribution in [0.3, 0.4) is 0 Å². The minimum Gasteiger partial charge on any atom is -0.356 e. The Labute approximate surface area is 168 Å². The molecule has 2 aromatic rings. The molecule has 3 aliphatic rings. The van der Waals surface area contributed by atoms with Gasteiger partial charge in [0.25, 0.3) is 5.91 Å². The second-order valence-electron chi connectivity index (χ2n) is 7.93. The van der Waals surface area contributed by atoms with Crippen molar-refractivity contribution >= 4 is 11.7 Å². The van der Waals surface area contributed by atoms with Crippen LogP contribution in [0, 0.1) is 17.1 Å². The summed E-state index contributed by atoms with van der Waals surface area (Å²) in [6.45, 7) is 1.28. The monoisotopic (exact) mass is 392 g/mol. The van der Waals surface area contributed by atoms with E-state index in [1.807, 2.05) is 11.0 Å². The highest BCUT2D eigenvalue weighted by Crippen LogP contribution is 2.47. The van der Waals surface area contributed by atoms with Gasteiger partial charge in [0.15, 0.2) is 5.60 Å². The van der Waals surface area contributed by atoms with E-state index in [1.165, 1.54) is 12.1 Å². The van der Waals surface area contributed by atoms with Gasteiger partial charge in [-0.15, -0.1) is 0 Å². The molecule has 5 rings (SSSR count). The van der Waals surface area contributed by atoms with Gasteiger partial charge in [0.2, 0.25) is 0 Å². The Morgan fingerprint density at radius 3 is 2.79 bits per heavy atom. The molecule has 1 aromatic heterocycles. The van der Waals surface area contributed by atoms with Gasteiger partial charge in [-0.1, -0.05) is 12.1 Å². The number of benzene rings is 1. The molecule has 148 valence electrons. The maximum absolute atomic E-state index is 13.7. The fourth-order valence-electron chi connectivity index (χ4n) is 4.84. The lowest BCUT2D eigenvalue weighted by Gasteiger charge is -2.38. The van der Waals surface area contributed by atoms with Crippen molar-refractivity contribution in [1.29, 1.82) is 5.26 Å². The summed E-state index contributed by atoms with van der Waals surface area (Å²) < 4.78 is 20.0. The van der Waals surface area contributed by atoms with Gasteiger partial charge in [-0.05, 0) is 42.7 Å². The third kappa shape index (κ3) is 2.95. The van der Waals surface area contributed by atoms with E-state index in [-0.39, 0.29) is 24.0 Å². The number of carbonyl (C=O) groups excluding carboxylic acids is 1. The highest BCUT2D eigenvalue weighted by Gasteiger charge is 2.58. The number of aromatic nitrogens is 1. The number of anilines is 1. The Kier molecular flexibility index (Phi) is 4.25. The highest BCUT2D eigenvalue weighted by atomic mass is 19.1. The molecule has 0 bridgehead atoms. The fourth-order valence-corrected chi connectivity index (χ4v) is 4.84. The number of nitrogens with zero attached hydrogens (tertiary/aromatic N) is 4. The molecular weight excluding hydrogens is 371 g/mol. The number of halogens is 1. The molecule has 3 aliphatic heterocycles. The largest absolute Gasteiger partial charge is 0.356 e. The fraction of sp³-hybridized carbons (Fsp3) is 0.409. The number of ether oxygens (including phenoxy) is 1. The van der Waals surface area contributed by atoms with Gasteiger partial charge < -0.3 is 14.5 Å². The number of fused-ring (bicyclic) bond motifs is 1. The van der Waals surface area contributed by atoms with Gasteiger partial charge in [0.1, 0.15) is 17.9 Å². The Morgan fingerprint density at radius 1 is 1.21 bits per heavy atom. The Morgan fingerprint density at radius 2 is 2.03 bits per heavy atom. The van der Waals surface area contributed by atoms with E-state index in [0.29, 0.717) is 31.5 Å². The zero-order valence-corrected chi connectivity index (χ0v) is 15.9. The predicted octanol–water partition coefficient (Wildman–Crippen LogP) is 3.15. The first-order valence-corrected chi connectivity index (χ1v) is 9.97. The van der Waals surface area contributed by atoms with Crippen molar-refractivity contribution in [2.45, 2.75) is 43.6 Å². The molecule has 3 saturated heterocycles. The van der Waals surface area contributed by atoms with Crippen molar-refractivity contribution in [2.75, 3.05) is 18.0 Å². The number of nitriles is 1. The molecule has 4 heterocycles. The molecule has 7 heteroatoms. The lowest BCUT2D eigenvalue weighted by Crippen LogP contribution is -2.50. The first-order chi connectivity index (χ1) is 14.1. The zero-order valence-electron chi connectivity index (χ0n) is 15.9. The number of rotatable bonds is 2. The van der Waals surface area contributed by atoms with Crippen LogP contribution < -0.4 is 4.90 Å². The number of pyridine rings is 1. The molecule has 6 nitrogen and oxygen atoms in total. The molecular formula is C22H21FN4O2. The molecule has 1 spiro atoms. The lowest BCUT2D eigenvalue weighted by atomic mass is 9.89. The van der Waals surface area contributed by atoms with Gasteiger partial charge >= 0.3 is 0 Å².